The lowest BCUT2D eigenvalue weighted by molar-refractivity contribution is 0.396. The van der Waals surface area contributed by atoms with E-state index in [0.717, 1.165) is 0 Å². The average molecular weight is 98.1 g/mol. The Morgan fingerprint density at radius 3 is 2.57 bits per heavy atom. The number of rotatable bonds is 2. The molecule has 7 heavy (non-hydrogen) atoms. The van der Waals surface area contributed by atoms with E-state index < -0.39 is 0 Å². The first-order valence-electron chi connectivity index (χ1n) is 1.70. The van der Waals surface area contributed by atoms with E-state index >= 15 is 0 Å². The summed E-state index contributed by atoms with van der Waals surface area (Å²) in [6, 6.07) is 0. The molecule has 0 heterocycles. The van der Waals surface area contributed by atoms with Crippen molar-refractivity contribution in [2.24, 2.45) is 5.11 Å². The molecule has 3 heteroatoms. The van der Waals surface area contributed by atoms with Crippen LogP contribution in [0.5, 0.6) is 0 Å². The molecule has 0 saturated carbocycles. The molecule has 0 aliphatic rings. The molecule has 0 amide bonds. The van der Waals surface area contributed by atoms with Gasteiger partial charge >= 0.3 is 0 Å². The highest BCUT2D eigenvalue weighted by molar-refractivity contribution is 5.00. The Kier molecular flexibility index (Phi) is 2.59. The second-order valence-electron chi connectivity index (χ2n) is 0.872. The minimum Gasteiger partial charge on any atom is -0.492 e. The van der Waals surface area contributed by atoms with Crippen LogP contribution in [0.1, 0.15) is 0 Å². The second kappa shape index (κ2) is 3.08. The lowest BCUT2D eigenvalue weighted by Gasteiger charge is -1.77. The van der Waals surface area contributed by atoms with Gasteiger partial charge in [-0.25, -0.2) is 5.53 Å². The molecule has 0 aromatic rings. The van der Waals surface area contributed by atoms with Crippen LogP contribution >= 0.6 is 0 Å². The van der Waals surface area contributed by atoms with E-state index in [1.807, 2.05) is 0 Å². The molecule has 38 valence electrons. The third-order valence-electron chi connectivity index (χ3n) is 0.381. The molecule has 0 aromatic carbocycles. The van der Waals surface area contributed by atoms with Crippen molar-refractivity contribution in [3.8, 4) is 0 Å². The monoisotopic (exact) mass is 98.0 g/mol. The van der Waals surface area contributed by atoms with E-state index in [4.69, 9.17) is 10.6 Å². The van der Waals surface area contributed by atoms with Crippen LogP contribution in [0.4, 0.5) is 0 Å². The largest absolute Gasteiger partial charge is 0.492 e. The lowest BCUT2D eigenvalue weighted by atomic mass is 10.6. The maximum absolute atomic E-state index is 8.29. The summed E-state index contributed by atoms with van der Waals surface area (Å²) in [5.41, 5.74) is 6.17. The van der Waals surface area contributed by atoms with Gasteiger partial charge < -0.3 is 5.11 Å². The van der Waals surface area contributed by atoms with E-state index in [-0.39, 0.29) is 5.88 Å². The standard InChI is InChI=1S/C4H6N2O/c1-2-3-4(7)6-5/h2-3,5,7H,1H2/b4-3-,6-5?. The van der Waals surface area contributed by atoms with Gasteiger partial charge in [0, 0.05) is 6.08 Å². The summed E-state index contributed by atoms with van der Waals surface area (Å²) >= 11 is 0. The molecule has 0 spiro atoms. The van der Waals surface area contributed by atoms with Gasteiger partial charge in [0.05, 0.1) is 0 Å². The minimum absolute atomic E-state index is 0.324. The van der Waals surface area contributed by atoms with Crippen molar-refractivity contribution in [3.63, 3.8) is 0 Å². The zero-order valence-electron chi connectivity index (χ0n) is 3.76. The molecule has 0 saturated heterocycles. The molecule has 0 aliphatic heterocycles. The number of aliphatic hydroxyl groups is 1. The Bertz CT molecular complexity index is 106. The van der Waals surface area contributed by atoms with Crippen LogP contribution in [0.25, 0.3) is 0 Å². The van der Waals surface area contributed by atoms with E-state index in [1.165, 1.54) is 12.2 Å². The Morgan fingerprint density at radius 2 is 2.43 bits per heavy atom. The van der Waals surface area contributed by atoms with Crippen LogP contribution < -0.4 is 0 Å². The lowest BCUT2D eigenvalue weighted by Crippen LogP contribution is -1.65. The summed E-state index contributed by atoms with van der Waals surface area (Å²) in [5.74, 6) is -0.324. The average Bonchev–Trinajstić information content (AvgIpc) is 1.68. The molecular weight excluding hydrogens is 92.1 g/mol. The van der Waals surface area contributed by atoms with E-state index in [1.54, 1.807) is 0 Å². The van der Waals surface area contributed by atoms with Crippen molar-refractivity contribution in [1.29, 1.82) is 5.53 Å². The maximum Gasteiger partial charge on any atom is 0.230 e. The number of hydrogen-bond donors (Lipinski definition) is 2. The van der Waals surface area contributed by atoms with E-state index in [9.17, 15) is 0 Å². The normalized spacial score (nSPS) is 10.6. The molecule has 0 rings (SSSR count). The van der Waals surface area contributed by atoms with Crippen molar-refractivity contribution < 1.29 is 5.11 Å². The summed E-state index contributed by atoms with van der Waals surface area (Å²) in [7, 11) is 0. The Balaban J connectivity index is 3.72. The minimum atomic E-state index is -0.324. The van der Waals surface area contributed by atoms with Crippen molar-refractivity contribution in [3.05, 3.63) is 24.6 Å². The fraction of sp³-hybridized carbons (Fsp3) is 0. The van der Waals surface area contributed by atoms with Gasteiger partial charge in [0.15, 0.2) is 0 Å². The number of hydrogen-bond acceptors (Lipinski definition) is 3. The van der Waals surface area contributed by atoms with Crippen LogP contribution in [0.3, 0.4) is 0 Å². The van der Waals surface area contributed by atoms with Gasteiger partial charge in [-0.15, -0.1) is 5.11 Å². The van der Waals surface area contributed by atoms with Crippen molar-refractivity contribution in [2.75, 3.05) is 0 Å². The summed E-state index contributed by atoms with van der Waals surface area (Å²) in [5, 5.41) is 11.0. The number of nitrogens with one attached hydrogen (secondary N) is 1. The van der Waals surface area contributed by atoms with Crippen LogP contribution in [-0.2, 0) is 0 Å². The highest BCUT2D eigenvalue weighted by atomic mass is 16.3. The van der Waals surface area contributed by atoms with E-state index in [2.05, 4.69) is 11.7 Å². The molecule has 0 fully saturated rings. The highest BCUT2D eigenvalue weighted by Gasteiger charge is 1.75. The quantitative estimate of drug-likeness (QED) is 0.307. The maximum atomic E-state index is 8.29. The first kappa shape index (κ1) is 5.88. The van der Waals surface area contributed by atoms with Crippen LogP contribution in [-0.4, -0.2) is 5.11 Å². The molecular formula is C4H6N2O. The second-order valence-corrected chi connectivity index (χ2v) is 0.872. The van der Waals surface area contributed by atoms with Gasteiger partial charge in [0.1, 0.15) is 0 Å². The molecule has 2 N–H and O–H groups in total. The molecule has 0 aliphatic carbocycles. The molecule has 3 nitrogen and oxygen atoms in total. The van der Waals surface area contributed by atoms with E-state index in [0.29, 0.717) is 0 Å². The highest BCUT2D eigenvalue weighted by Crippen LogP contribution is 1.85. The van der Waals surface area contributed by atoms with Gasteiger partial charge in [0.2, 0.25) is 5.88 Å². The number of nitrogens with zero attached hydrogens (tertiary/aromatic N) is 1. The summed E-state index contributed by atoms with van der Waals surface area (Å²) < 4.78 is 0. The molecule has 0 atom stereocenters. The molecule has 0 aromatic heterocycles. The smallest absolute Gasteiger partial charge is 0.230 e. The Morgan fingerprint density at radius 1 is 1.86 bits per heavy atom. The van der Waals surface area contributed by atoms with Gasteiger partial charge in [-0.2, -0.15) is 0 Å². The van der Waals surface area contributed by atoms with Crippen LogP contribution in [0.2, 0.25) is 0 Å². The fourth-order valence-electron chi connectivity index (χ4n) is 0.143. The van der Waals surface area contributed by atoms with Gasteiger partial charge in [-0.05, 0) is 0 Å². The Labute approximate surface area is 41.5 Å². The summed E-state index contributed by atoms with van der Waals surface area (Å²) in [6.45, 7) is 3.27. The predicted molar refractivity (Wildman–Crippen MR) is 26.1 cm³/mol. The van der Waals surface area contributed by atoms with Crippen molar-refractivity contribution in [2.45, 2.75) is 0 Å². The predicted octanol–water partition coefficient (Wildman–Crippen LogP) is 1.60. The van der Waals surface area contributed by atoms with Crippen LogP contribution in [0.15, 0.2) is 29.7 Å². The molecule has 0 bridgehead atoms. The number of allylic oxidation sites excluding steroid dienone is 2. The first-order chi connectivity index (χ1) is 3.31. The SMILES string of the molecule is C=C/C=C(\O)N=N. The zero-order valence-corrected chi connectivity index (χ0v) is 3.76. The van der Waals surface area contributed by atoms with Crippen molar-refractivity contribution in [1.82, 2.24) is 0 Å². The topological polar surface area (TPSA) is 56.4 Å². The third-order valence-corrected chi connectivity index (χ3v) is 0.381. The third kappa shape index (κ3) is 2.69. The molecule has 0 radical (unpaired) electrons. The summed E-state index contributed by atoms with van der Waals surface area (Å²) in [6.07, 6.45) is 2.58. The van der Waals surface area contributed by atoms with Crippen LogP contribution in [0, 0.1) is 5.53 Å². The first-order valence-corrected chi connectivity index (χ1v) is 1.70. The van der Waals surface area contributed by atoms with Gasteiger partial charge in [0.25, 0.3) is 0 Å². The summed E-state index contributed by atoms with van der Waals surface area (Å²) in [4.78, 5) is 0. The van der Waals surface area contributed by atoms with Gasteiger partial charge in [-0.1, -0.05) is 12.7 Å². The molecule has 0 unspecified atom stereocenters. The van der Waals surface area contributed by atoms with Gasteiger partial charge in [-0.3, -0.25) is 0 Å². The fourth-order valence-corrected chi connectivity index (χ4v) is 0.143. The Hall–Kier alpha value is -1.12. The zero-order chi connectivity index (χ0) is 5.70. The number of aliphatic hydroxyl groups excluding tert-OH is 1. The van der Waals surface area contributed by atoms with Crippen molar-refractivity contribution >= 4 is 0 Å².